The normalized spacial score (nSPS) is 15.1. The molecule has 0 amide bonds. The Morgan fingerprint density at radius 2 is 1.69 bits per heavy atom. The van der Waals surface area contributed by atoms with Gasteiger partial charge < -0.3 is 20.3 Å². The van der Waals surface area contributed by atoms with E-state index in [1.165, 1.54) is 18.2 Å². The van der Waals surface area contributed by atoms with E-state index in [0.717, 1.165) is 0 Å². The molecular weight excluding hydrogens is 338 g/mol. The fraction of sp³-hybridized carbons (Fsp3) is 0.632. The van der Waals surface area contributed by atoms with E-state index in [1.54, 1.807) is 33.2 Å². The molecule has 1 aromatic carbocycles. The molecule has 0 bridgehead atoms. The average molecular weight is 370 g/mol. The third-order valence-electron chi connectivity index (χ3n) is 4.35. The second-order valence-electron chi connectivity index (χ2n) is 7.54. The van der Waals surface area contributed by atoms with E-state index >= 15 is 0 Å². The summed E-state index contributed by atoms with van der Waals surface area (Å²) < 4.78 is 33.8. The van der Waals surface area contributed by atoms with Gasteiger partial charge in [0.25, 0.3) is 0 Å². The molecule has 2 N–H and O–H groups in total. The van der Waals surface area contributed by atoms with Crippen LogP contribution in [0.2, 0.25) is 0 Å². The van der Waals surface area contributed by atoms with Crippen LogP contribution in [0.15, 0.2) is 23.2 Å². The monoisotopic (exact) mass is 370 g/mol. The first-order valence-electron chi connectivity index (χ1n) is 8.69. The second kappa shape index (κ2) is 9.83. The van der Waals surface area contributed by atoms with E-state index in [0.29, 0.717) is 19.0 Å². The van der Waals surface area contributed by atoms with Crippen molar-refractivity contribution in [3.8, 4) is 0 Å². The molecular formula is C19H32F2N4O. The molecule has 0 saturated heterocycles. The summed E-state index contributed by atoms with van der Waals surface area (Å²) in [6.45, 7) is 7.17. The van der Waals surface area contributed by atoms with E-state index < -0.39 is 17.7 Å². The molecule has 0 saturated carbocycles. The minimum absolute atomic E-state index is 0.00490. The van der Waals surface area contributed by atoms with Crippen LogP contribution in [-0.4, -0.2) is 58.3 Å². The third-order valence-corrected chi connectivity index (χ3v) is 4.35. The number of hydrogen-bond donors (Lipinski definition) is 2. The fourth-order valence-electron chi connectivity index (χ4n) is 2.72. The van der Waals surface area contributed by atoms with Gasteiger partial charge in [-0.25, -0.2) is 8.78 Å². The number of ether oxygens (including phenoxy) is 1. The maximum Gasteiger partial charge on any atom is 0.191 e. The van der Waals surface area contributed by atoms with Crippen LogP contribution in [0.4, 0.5) is 8.78 Å². The summed E-state index contributed by atoms with van der Waals surface area (Å²) in [5.41, 5.74) is 0.0215. The predicted octanol–water partition coefficient (Wildman–Crippen LogP) is 2.79. The van der Waals surface area contributed by atoms with Gasteiger partial charge in [0.2, 0.25) is 0 Å². The number of hydrogen-bond acceptors (Lipinski definition) is 3. The van der Waals surface area contributed by atoms with Crippen molar-refractivity contribution in [2.24, 2.45) is 10.4 Å². The molecule has 0 aliphatic carbocycles. The van der Waals surface area contributed by atoms with Crippen molar-refractivity contribution in [2.75, 3.05) is 41.3 Å². The number of benzene rings is 1. The molecule has 0 aromatic heterocycles. The molecule has 0 spiro atoms. The van der Waals surface area contributed by atoms with Crippen LogP contribution in [-0.2, 0) is 4.74 Å². The van der Waals surface area contributed by atoms with Gasteiger partial charge in [-0.2, -0.15) is 0 Å². The average Bonchev–Trinajstić information content (AvgIpc) is 2.54. The number of halogens is 2. The van der Waals surface area contributed by atoms with Crippen molar-refractivity contribution in [1.29, 1.82) is 0 Å². The Bertz CT molecular complexity index is 579. The van der Waals surface area contributed by atoms with Crippen LogP contribution < -0.4 is 10.6 Å². The SMILES string of the molecule is CN=C(NCC(c1c(F)cccc1F)N(C)C)NCC(OC)C(C)(C)C. The van der Waals surface area contributed by atoms with Crippen molar-refractivity contribution >= 4 is 5.96 Å². The molecule has 0 aliphatic rings. The fourth-order valence-corrected chi connectivity index (χ4v) is 2.72. The van der Waals surface area contributed by atoms with Gasteiger partial charge in [0.1, 0.15) is 11.6 Å². The molecule has 0 heterocycles. The van der Waals surface area contributed by atoms with Crippen LogP contribution in [0.3, 0.4) is 0 Å². The first-order valence-corrected chi connectivity index (χ1v) is 8.69. The molecule has 7 heteroatoms. The Balaban J connectivity index is 2.79. The number of nitrogens with zero attached hydrogens (tertiary/aromatic N) is 2. The van der Waals surface area contributed by atoms with Gasteiger partial charge in [0.05, 0.1) is 12.1 Å². The zero-order chi connectivity index (χ0) is 19.9. The lowest BCUT2D eigenvalue weighted by Gasteiger charge is -2.30. The number of nitrogens with one attached hydrogen (secondary N) is 2. The minimum atomic E-state index is -0.555. The standard InChI is InChI=1S/C19H32F2N4O/c1-19(2,3)16(26-7)12-24-18(22-4)23-11-15(25(5)6)17-13(20)9-8-10-14(17)21/h8-10,15-16H,11-12H2,1-7H3,(H2,22,23,24). The van der Waals surface area contributed by atoms with Crippen molar-refractivity contribution in [3.63, 3.8) is 0 Å². The highest BCUT2D eigenvalue weighted by molar-refractivity contribution is 5.79. The van der Waals surface area contributed by atoms with Gasteiger partial charge >= 0.3 is 0 Å². The van der Waals surface area contributed by atoms with Crippen LogP contribution in [0.5, 0.6) is 0 Å². The third kappa shape index (κ3) is 6.21. The summed E-state index contributed by atoms with van der Waals surface area (Å²) in [5, 5.41) is 6.35. The Morgan fingerprint density at radius 1 is 1.15 bits per heavy atom. The van der Waals surface area contributed by atoms with Crippen LogP contribution >= 0.6 is 0 Å². The molecule has 1 aromatic rings. The number of guanidine groups is 1. The Hall–Kier alpha value is -1.73. The minimum Gasteiger partial charge on any atom is -0.379 e. The zero-order valence-electron chi connectivity index (χ0n) is 16.9. The number of likely N-dealkylation sites (N-methyl/N-ethyl adjacent to an activating group) is 1. The van der Waals surface area contributed by atoms with Crippen LogP contribution in [0, 0.1) is 17.0 Å². The molecule has 0 fully saturated rings. The molecule has 0 radical (unpaired) electrons. The van der Waals surface area contributed by atoms with E-state index in [4.69, 9.17) is 4.74 Å². The second-order valence-corrected chi connectivity index (χ2v) is 7.54. The molecule has 1 rings (SSSR count). The molecule has 2 unspecified atom stereocenters. The highest BCUT2D eigenvalue weighted by Crippen LogP contribution is 2.24. The predicted molar refractivity (Wildman–Crippen MR) is 102 cm³/mol. The van der Waals surface area contributed by atoms with Gasteiger partial charge in [-0.3, -0.25) is 4.99 Å². The summed E-state index contributed by atoms with van der Waals surface area (Å²) in [6, 6.07) is 3.44. The Labute approximate surface area is 155 Å². The van der Waals surface area contributed by atoms with Gasteiger partial charge in [0, 0.05) is 32.8 Å². The maximum absolute atomic E-state index is 14.1. The number of rotatable bonds is 7. The number of aliphatic imine (C=N–C) groups is 1. The van der Waals surface area contributed by atoms with E-state index in [1.807, 2.05) is 0 Å². The Kier molecular flexibility index (Phi) is 8.43. The molecule has 2 atom stereocenters. The van der Waals surface area contributed by atoms with Crippen LogP contribution in [0.25, 0.3) is 0 Å². The van der Waals surface area contributed by atoms with Gasteiger partial charge in [-0.1, -0.05) is 26.8 Å². The first-order chi connectivity index (χ1) is 12.1. The van der Waals surface area contributed by atoms with Gasteiger partial charge in [-0.05, 0) is 31.6 Å². The van der Waals surface area contributed by atoms with Crippen molar-refractivity contribution in [2.45, 2.75) is 32.9 Å². The summed E-state index contributed by atoms with van der Waals surface area (Å²) in [6.07, 6.45) is -0.00490. The van der Waals surface area contributed by atoms with Gasteiger partial charge in [0.15, 0.2) is 5.96 Å². The Morgan fingerprint density at radius 3 is 2.12 bits per heavy atom. The molecule has 148 valence electrons. The lowest BCUT2D eigenvalue weighted by Crippen LogP contribution is -2.47. The summed E-state index contributed by atoms with van der Waals surface area (Å²) in [5.74, 6) is -0.554. The van der Waals surface area contributed by atoms with Crippen molar-refractivity contribution < 1.29 is 13.5 Å². The summed E-state index contributed by atoms with van der Waals surface area (Å²) >= 11 is 0. The molecule has 0 aliphatic heterocycles. The van der Waals surface area contributed by atoms with Crippen LogP contribution in [0.1, 0.15) is 32.4 Å². The lowest BCUT2D eigenvalue weighted by atomic mass is 9.89. The number of methoxy groups -OCH3 is 1. The van der Waals surface area contributed by atoms with Crippen molar-refractivity contribution in [3.05, 3.63) is 35.4 Å². The van der Waals surface area contributed by atoms with Crippen molar-refractivity contribution in [1.82, 2.24) is 15.5 Å². The highest BCUT2D eigenvalue weighted by Gasteiger charge is 2.25. The summed E-state index contributed by atoms with van der Waals surface area (Å²) in [4.78, 5) is 5.95. The van der Waals surface area contributed by atoms with E-state index in [9.17, 15) is 8.78 Å². The largest absolute Gasteiger partial charge is 0.379 e. The first kappa shape index (κ1) is 22.3. The van der Waals surface area contributed by atoms with Gasteiger partial charge in [-0.15, -0.1) is 0 Å². The topological polar surface area (TPSA) is 48.9 Å². The van der Waals surface area contributed by atoms with E-state index in [2.05, 4.69) is 36.4 Å². The zero-order valence-corrected chi connectivity index (χ0v) is 16.9. The quantitative estimate of drug-likeness (QED) is 0.572. The molecule has 5 nitrogen and oxygen atoms in total. The molecule has 26 heavy (non-hydrogen) atoms. The smallest absolute Gasteiger partial charge is 0.191 e. The highest BCUT2D eigenvalue weighted by atomic mass is 19.1. The maximum atomic E-state index is 14.1. The van der Waals surface area contributed by atoms with E-state index in [-0.39, 0.29) is 17.1 Å². The lowest BCUT2D eigenvalue weighted by molar-refractivity contribution is 0.0205. The summed E-state index contributed by atoms with van der Waals surface area (Å²) in [7, 11) is 6.91.